The van der Waals surface area contributed by atoms with Crippen LogP contribution in [-0.2, 0) is 36.8 Å². The Balaban J connectivity index is 0.000000751. The molecule has 0 bridgehead atoms. The molecule has 3 rings (SSSR count). The lowest BCUT2D eigenvalue weighted by Gasteiger charge is -2.22. The Kier molecular flexibility index (Phi) is 22.0. The summed E-state index contributed by atoms with van der Waals surface area (Å²) < 4.78 is 30.6. The number of hydrogen-bond donors (Lipinski definition) is 8. The summed E-state index contributed by atoms with van der Waals surface area (Å²) in [5, 5.41) is 76.2. The minimum Gasteiger partial charge on any atom is -0.508 e. The highest BCUT2D eigenvalue weighted by molar-refractivity contribution is 7.59. The second-order valence-electron chi connectivity index (χ2n) is 12.5. The largest absolute Gasteiger partial charge is 0.508 e. The van der Waals surface area contributed by atoms with Crippen LogP contribution in [0.4, 0.5) is 0 Å². The zero-order chi connectivity index (χ0) is 40.3. The number of rotatable bonds is 13. The minimum atomic E-state index is -3.11. The van der Waals surface area contributed by atoms with Crippen molar-refractivity contribution in [3.05, 3.63) is 63.7 Å². The van der Waals surface area contributed by atoms with Gasteiger partial charge in [-0.1, -0.05) is 0 Å². The topological polar surface area (TPSA) is 235 Å². The monoisotopic (exact) mass is 756 g/mol. The zero-order valence-electron chi connectivity index (χ0n) is 31.5. The molecular weight excluding hydrogens is 700 g/mol. The highest BCUT2D eigenvalue weighted by Crippen LogP contribution is 2.43. The molecule has 294 valence electrons. The molecule has 0 atom stereocenters. The zero-order valence-corrected chi connectivity index (χ0v) is 32.3. The van der Waals surface area contributed by atoms with Crippen LogP contribution in [0.25, 0.3) is 0 Å². The molecule has 0 spiro atoms. The predicted octanol–water partition coefficient (Wildman–Crippen LogP) is 1.89. The van der Waals surface area contributed by atoms with E-state index in [0.717, 1.165) is 5.56 Å². The highest BCUT2D eigenvalue weighted by atomic mass is 32.2. The van der Waals surface area contributed by atoms with Gasteiger partial charge >= 0.3 is 10.6 Å². The molecule has 16 nitrogen and oxygen atoms in total. The molecule has 52 heavy (non-hydrogen) atoms. The first kappa shape index (κ1) is 47.6. The second-order valence-corrected chi connectivity index (χ2v) is 12.9. The number of aliphatic hydroxyl groups excluding tert-OH is 2. The number of aliphatic hydroxyl groups is 2. The fraction of sp³-hybridized carbons (Fsp3) is 0.486. The van der Waals surface area contributed by atoms with Gasteiger partial charge in [-0.2, -0.15) is 0 Å². The molecule has 0 fully saturated rings. The van der Waals surface area contributed by atoms with Gasteiger partial charge in [-0.3, -0.25) is 9.80 Å². The second kappa shape index (κ2) is 24.0. The molecule has 0 heterocycles. The number of likely N-dealkylation sites (N-methyl/N-ethyl adjacent to an activating group) is 2. The van der Waals surface area contributed by atoms with Crippen LogP contribution in [0.2, 0.25) is 0 Å². The Morgan fingerprint density at radius 1 is 0.615 bits per heavy atom. The summed E-state index contributed by atoms with van der Waals surface area (Å²) >= 11 is 0. The lowest BCUT2D eigenvalue weighted by atomic mass is 9.99. The molecule has 0 saturated heterocycles. The third-order valence-electron chi connectivity index (χ3n) is 7.33. The van der Waals surface area contributed by atoms with Crippen molar-refractivity contribution < 1.29 is 58.2 Å². The number of benzene rings is 3. The number of phenolic OH excluding ortho intramolecular Hbond substituents is 6. The number of methoxy groups -OCH3 is 1. The maximum absolute atomic E-state index is 10.5. The van der Waals surface area contributed by atoms with E-state index < -0.39 is 10.6 Å². The lowest BCUT2D eigenvalue weighted by molar-refractivity contribution is 0.214. The molecule has 0 aromatic heterocycles. The quantitative estimate of drug-likeness (QED) is 0.116. The van der Waals surface area contributed by atoms with E-state index in [2.05, 4.69) is 0 Å². The van der Waals surface area contributed by atoms with E-state index in [1.165, 1.54) is 25.3 Å². The fourth-order valence-corrected chi connectivity index (χ4v) is 4.75. The summed E-state index contributed by atoms with van der Waals surface area (Å²) in [6.45, 7) is 6.59. The Morgan fingerprint density at radius 3 is 1.38 bits per heavy atom. The van der Waals surface area contributed by atoms with E-state index in [9.17, 15) is 20.4 Å². The van der Waals surface area contributed by atoms with Gasteiger partial charge in [0.2, 0.25) is 0 Å². The number of aryl methyl sites for hydroxylation is 1. The summed E-state index contributed by atoms with van der Waals surface area (Å²) in [5.74, 6) is 1.31. The summed E-state index contributed by atoms with van der Waals surface area (Å²) in [7, 11) is 9.70. The molecule has 0 saturated carbocycles. The van der Waals surface area contributed by atoms with Crippen LogP contribution < -0.4 is 4.74 Å². The van der Waals surface area contributed by atoms with Gasteiger partial charge in [0.05, 0.1) is 25.9 Å². The van der Waals surface area contributed by atoms with Crippen molar-refractivity contribution in [2.24, 2.45) is 0 Å². The van der Waals surface area contributed by atoms with Gasteiger partial charge in [0.15, 0.2) is 11.5 Å². The van der Waals surface area contributed by atoms with Gasteiger partial charge in [-0.05, 0) is 92.0 Å². The summed E-state index contributed by atoms with van der Waals surface area (Å²) in [6.07, 6.45) is 0. The molecule has 0 aliphatic rings. The standard InChI is InChI=1S/C14H24N2O4.C14H24N2O3.C7H8O2.O3S/c1-15(3-5-17)9-11-7-14(20)12(8-13(11)19)10-16(2)4-6-18;1-9-10(7-15(2)3)13(18)11(8-16(4)5)14(19-6)12(9)17;1-5-4-6(8)2-3-7(5)9;1-4(2)3/h7-8,17-20H,3-6,9-10H2,1-2H3;17-18H,7-8H2,1-6H3;2-4,8-9H,1H3;. The Morgan fingerprint density at radius 2 is 1.04 bits per heavy atom. The number of phenols is 6. The summed E-state index contributed by atoms with van der Waals surface area (Å²) in [5.41, 5.74) is 3.94. The van der Waals surface area contributed by atoms with Crippen molar-refractivity contribution in [1.82, 2.24) is 19.6 Å². The average Bonchev–Trinajstić information content (AvgIpc) is 3.03. The molecule has 8 N–H and O–H groups in total. The van der Waals surface area contributed by atoms with Gasteiger partial charge in [0.25, 0.3) is 0 Å². The van der Waals surface area contributed by atoms with Crippen LogP contribution in [-0.4, -0.2) is 149 Å². The summed E-state index contributed by atoms with van der Waals surface area (Å²) in [6, 6.07) is 7.51. The first-order valence-electron chi connectivity index (χ1n) is 16.0. The smallest absolute Gasteiger partial charge is 0.425 e. The van der Waals surface area contributed by atoms with Crippen LogP contribution >= 0.6 is 0 Å². The van der Waals surface area contributed by atoms with E-state index in [0.29, 0.717) is 72.8 Å². The van der Waals surface area contributed by atoms with Crippen LogP contribution in [0.5, 0.6) is 40.2 Å². The van der Waals surface area contributed by atoms with Crippen LogP contribution in [0, 0.1) is 13.8 Å². The number of nitrogens with zero attached hydrogens (tertiary/aromatic N) is 4. The molecule has 3 aromatic rings. The van der Waals surface area contributed by atoms with Crippen molar-refractivity contribution in [2.75, 3.05) is 75.7 Å². The molecule has 17 heteroatoms. The molecule has 3 aromatic carbocycles. The molecule has 0 aliphatic heterocycles. The third-order valence-corrected chi connectivity index (χ3v) is 7.33. The number of aromatic hydroxyl groups is 6. The van der Waals surface area contributed by atoms with Crippen molar-refractivity contribution in [3.8, 4) is 40.2 Å². The van der Waals surface area contributed by atoms with E-state index >= 15 is 0 Å². The first-order valence-corrected chi connectivity index (χ1v) is 17.0. The molecule has 0 radical (unpaired) electrons. The SMILES string of the molecule is CN(CCO)Cc1cc(O)c(CN(C)CCO)cc1O.COc1c(O)c(C)c(CN(C)C)c(O)c1CN(C)C.Cc1cc(O)ccc1O.O=S(=O)=O. The maximum Gasteiger partial charge on any atom is 0.425 e. The molecule has 0 aliphatic carbocycles. The van der Waals surface area contributed by atoms with Crippen molar-refractivity contribution in [3.63, 3.8) is 0 Å². The van der Waals surface area contributed by atoms with Gasteiger partial charge in [0.1, 0.15) is 28.7 Å². The Bertz CT molecular complexity index is 1610. The fourth-order valence-electron chi connectivity index (χ4n) is 4.75. The average molecular weight is 757 g/mol. The first-order chi connectivity index (χ1) is 24.2. The highest BCUT2D eigenvalue weighted by Gasteiger charge is 2.22. The Labute approximate surface area is 307 Å². The van der Waals surface area contributed by atoms with Gasteiger partial charge < -0.3 is 55.4 Å². The minimum absolute atomic E-state index is 0.0489. The molecular formula is C35H56N4O12S. The molecule has 0 amide bonds. The predicted molar refractivity (Wildman–Crippen MR) is 197 cm³/mol. The number of ether oxygens (including phenoxy) is 1. The normalized spacial score (nSPS) is 10.7. The van der Waals surface area contributed by atoms with E-state index in [-0.39, 0.29) is 47.7 Å². The summed E-state index contributed by atoms with van der Waals surface area (Å²) in [4.78, 5) is 7.58. The van der Waals surface area contributed by atoms with Gasteiger partial charge in [-0.25, -0.2) is 0 Å². The van der Waals surface area contributed by atoms with E-state index in [1.807, 2.05) is 61.9 Å². The van der Waals surface area contributed by atoms with Crippen LogP contribution in [0.15, 0.2) is 30.3 Å². The van der Waals surface area contributed by atoms with Gasteiger partial charge in [-0.15, -0.1) is 12.6 Å². The number of hydrogen-bond acceptors (Lipinski definition) is 16. The van der Waals surface area contributed by atoms with Crippen molar-refractivity contribution in [2.45, 2.75) is 40.0 Å². The molecule has 0 unspecified atom stereocenters. The maximum atomic E-state index is 10.5. The van der Waals surface area contributed by atoms with Crippen LogP contribution in [0.1, 0.15) is 33.4 Å². The Hall–Kier alpha value is -4.36. The van der Waals surface area contributed by atoms with Gasteiger partial charge in [0, 0.05) is 61.5 Å². The third kappa shape index (κ3) is 17.2. The van der Waals surface area contributed by atoms with Crippen molar-refractivity contribution in [1.29, 1.82) is 0 Å². The lowest BCUT2D eigenvalue weighted by Crippen LogP contribution is -2.22. The van der Waals surface area contributed by atoms with E-state index in [1.54, 1.807) is 26.0 Å². The van der Waals surface area contributed by atoms with Crippen molar-refractivity contribution >= 4 is 10.6 Å². The van der Waals surface area contributed by atoms with E-state index in [4.69, 9.17) is 37.8 Å². The van der Waals surface area contributed by atoms with Crippen LogP contribution in [0.3, 0.4) is 0 Å².